The molecule has 0 aliphatic rings. The summed E-state index contributed by atoms with van der Waals surface area (Å²) in [5, 5.41) is 19.6. The van der Waals surface area contributed by atoms with Crippen LogP contribution in [0, 0.1) is 10.1 Å². The number of alkyl halides is 4. The van der Waals surface area contributed by atoms with E-state index in [1.54, 1.807) is 0 Å². The van der Waals surface area contributed by atoms with Crippen molar-refractivity contribution in [3.05, 3.63) is 21.9 Å². The Balaban J connectivity index is 3.32. The van der Waals surface area contributed by atoms with Gasteiger partial charge in [-0.05, 0) is 9.91 Å². The zero-order chi connectivity index (χ0) is 13.2. The number of pyridine rings is 1. The molecule has 0 spiro atoms. The largest absolute Gasteiger partial charge is 0.573 e. The standard InChI is InChI=1S/C7H4ClF3N2O4/c8-1-3-2-12-6(13(15)16)4(14)5(3)17-7(9,10)11/h2,14H,1H2. The molecule has 0 saturated carbocycles. The van der Waals surface area contributed by atoms with Crippen LogP contribution in [0.2, 0.25) is 0 Å². The zero-order valence-electron chi connectivity index (χ0n) is 7.86. The molecular formula is C7H4ClF3N2O4. The lowest BCUT2D eigenvalue weighted by molar-refractivity contribution is -0.390. The predicted octanol–water partition coefficient (Wildman–Crippen LogP) is 2.33. The van der Waals surface area contributed by atoms with Crippen molar-refractivity contribution in [1.82, 2.24) is 4.98 Å². The molecule has 6 nitrogen and oxygen atoms in total. The van der Waals surface area contributed by atoms with Crippen molar-refractivity contribution < 1.29 is 27.9 Å². The van der Waals surface area contributed by atoms with Crippen LogP contribution in [0.15, 0.2) is 6.20 Å². The van der Waals surface area contributed by atoms with Crippen LogP contribution in [0.1, 0.15) is 5.56 Å². The maximum absolute atomic E-state index is 12.0. The van der Waals surface area contributed by atoms with Crippen LogP contribution in [-0.2, 0) is 5.88 Å². The number of halogens is 4. The summed E-state index contributed by atoms with van der Waals surface area (Å²) in [5.74, 6) is -4.03. The van der Waals surface area contributed by atoms with Crippen LogP contribution >= 0.6 is 11.6 Å². The average molecular weight is 273 g/mol. The molecule has 0 unspecified atom stereocenters. The molecule has 0 aliphatic heterocycles. The van der Waals surface area contributed by atoms with Gasteiger partial charge in [0.1, 0.15) is 6.20 Å². The number of nitrogens with zero attached hydrogens (tertiary/aromatic N) is 2. The minimum absolute atomic E-state index is 0.313. The van der Waals surface area contributed by atoms with Gasteiger partial charge in [-0.2, -0.15) is 0 Å². The monoisotopic (exact) mass is 272 g/mol. The molecule has 1 aromatic heterocycles. The Kier molecular flexibility index (Phi) is 3.61. The first-order valence-electron chi connectivity index (χ1n) is 3.93. The topological polar surface area (TPSA) is 85.5 Å². The van der Waals surface area contributed by atoms with Crippen molar-refractivity contribution in [1.29, 1.82) is 0 Å². The number of nitro groups is 1. The molecule has 17 heavy (non-hydrogen) atoms. The summed E-state index contributed by atoms with van der Waals surface area (Å²) >= 11 is 5.30. The van der Waals surface area contributed by atoms with Gasteiger partial charge in [0.2, 0.25) is 0 Å². The highest BCUT2D eigenvalue weighted by molar-refractivity contribution is 6.17. The first-order chi connectivity index (χ1) is 7.76. The quantitative estimate of drug-likeness (QED) is 0.518. The van der Waals surface area contributed by atoms with E-state index in [0.717, 1.165) is 6.20 Å². The van der Waals surface area contributed by atoms with Gasteiger partial charge in [0, 0.05) is 0 Å². The van der Waals surface area contributed by atoms with Gasteiger partial charge in [-0.1, -0.05) is 0 Å². The zero-order valence-corrected chi connectivity index (χ0v) is 8.62. The van der Waals surface area contributed by atoms with Crippen LogP contribution in [0.25, 0.3) is 0 Å². The molecule has 1 heterocycles. The molecule has 1 aromatic rings. The van der Waals surface area contributed by atoms with Crippen molar-refractivity contribution in [2.24, 2.45) is 0 Å². The molecule has 0 fully saturated rings. The average Bonchev–Trinajstić information content (AvgIpc) is 2.18. The first-order valence-corrected chi connectivity index (χ1v) is 4.46. The highest BCUT2D eigenvalue weighted by atomic mass is 35.5. The summed E-state index contributed by atoms with van der Waals surface area (Å²) in [6.07, 6.45) is -4.38. The summed E-state index contributed by atoms with van der Waals surface area (Å²) in [6, 6.07) is 0. The number of hydrogen-bond donors (Lipinski definition) is 1. The second-order valence-electron chi connectivity index (χ2n) is 2.72. The number of aromatic nitrogens is 1. The molecule has 1 rings (SSSR count). The summed E-state index contributed by atoms with van der Waals surface area (Å²) in [4.78, 5) is 12.4. The minimum atomic E-state index is -5.10. The Morgan fingerprint density at radius 2 is 2.18 bits per heavy atom. The summed E-state index contributed by atoms with van der Waals surface area (Å²) in [5.41, 5.74) is -0.313. The highest BCUT2D eigenvalue weighted by Crippen LogP contribution is 2.40. The fourth-order valence-electron chi connectivity index (χ4n) is 0.971. The Morgan fingerprint density at radius 1 is 1.59 bits per heavy atom. The Labute approximate surface area is 96.7 Å². The van der Waals surface area contributed by atoms with Crippen molar-refractivity contribution in [2.75, 3.05) is 0 Å². The lowest BCUT2D eigenvalue weighted by atomic mass is 10.2. The predicted molar refractivity (Wildman–Crippen MR) is 48.8 cm³/mol. The lowest BCUT2D eigenvalue weighted by Crippen LogP contribution is -2.18. The van der Waals surface area contributed by atoms with Gasteiger partial charge < -0.3 is 20.0 Å². The SMILES string of the molecule is O=[N+]([O-])c1ncc(CCl)c(OC(F)(F)F)c1O. The van der Waals surface area contributed by atoms with Crippen LogP contribution in [0.4, 0.5) is 19.0 Å². The number of rotatable bonds is 3. The van der Waals surface area contributed by atoms with Crippen LogP contribution in [0.5, 0.6) is 11.5 Å². The Bertz CT molecular complexity index is 451. The molecule has 0 aliphatic carbocycles. The van der Waals surface area contributed by atoms with Crippen LogP contribution in [0.3, 0.4) is 0 Å². The third-order valence-corrected chi connectivity index (χ3v) is 1.88. The van der Waals surface area contributed by atoms with E-state index in [2.05, 4.69) is 9.72 Å². The van der Waals surface area contributed by atoms with Gasteiger partial charge in [-0.15, -0.1) is 24.8 Å². The van der Waals surface area contributed by atoms with E-state index < -0.39 is 34.5 Å². The maximum Gasteiger partial charge on any atom is 0.573 e. The number of hydrogen-bond acceptors (Lipinski definition) is 5. The summed E-state index contributed by atoms with van der Waals surface area (Å²) < 4.78 is 39.5. The van der Waals surface area contributed by atoms with E-state index in [1.807, 2.05) is 0 Å². The maximum atomic E-state index is 12.0. The van der Waals surface area contributed by atoms with Gasteiger partial charge in [-0.3, -0.25) is 0 Å². The lowest BCUT2D eigenvalue weighted by Gasteiger charge is -2.12. The molecular weight excluding hydrogens is 269 g/mol. The molecule has 0 radical (unpaired) electrons. The minimum Gasteiger partial charge on any atom is -0.498 e. The molecule has 0 aromatic carbocycles. The van der Waals surface area contributed by atoms with Gasteiger partial charge in [0.05, 0.1) is 11.4 Å². The molecule has 10 heteroatoms. The van der Waals surface area contributed by atoms with E-state index in [4.69, 9.17) is 11.6 Å². The van der Waals surface area contributed by atoms with E-state index >= 15 is 0 Å². The molecule has 0 bridgehead atoms. The Morgan fingerprint density at radius 3 is 2.59 bits per heavy atom. The van der Waals surface area contributed by atoms with Crippen molar-refractivity contribution in [2.45, 2.75) is 12.2 Å². The third kappa shape index (κ3) is 3.09. The second kappa shape index (κ2) is 4.62. The molecule has 94 valence electrons. The van der Waals surface area contributed by atoms with Gasteiger partial charge in [-0.25, -0.2) is 0 Å². The van der Waals surface area contributed by atoms with Crippen molar-refractivity contribution in [3.63, 3.8) is 0 Å². The van der Waals surface area contributed by atoms with Gasteiger partial charge in [0.25, 0.3) is 5.75 Å². The highest BCUT2D eigenvalue weighted by Gasteiger charge is 2.36. The number of aromatic hydroxyl groups is 1. The van der Waals surface area contributed by atoms with E-state index in [9.17, 15) is 28.4 Å². The Hall–Kier alpha value is -1.77. The van der Waals surface area contributed by atoms with Crippen molar-refractivity contribution in [3.8, 4) is 11.5 Å². The van der Waals surface area contributed by atoms with E-state index in [-0.39, 0.29) is 5.56 Å². The second-order valence-corrected chi connectivity index (χ2v) is 2.99. The van der Waals surface area contributed by atoms with E-state index in [0.29, 0.717) is 0 Å². The smallest absolute Gasteiger partial charge is 0.498 e. The fraction of sp³-hybridized carbons (Fsp3) is 0.286. The fourth-order valence-corrected chi connectivity index (χ4v) is 1.16. The van der Waals surface area contributed by atoms with E-state index in [1.165, 1.54) is 0 Å². The molecule has 1 N–H and O–H groups in total. The van der Waals surface area contributed by atoms with Crippen LogP contribution in [-0.4, -0.2) is 21.4 Å². The summed E-state index contributed by atoms with van der Waals surface area (Å²) in [7, 11) is 0. The molecule has 0 atom stereocenters. The first kappa shape index (κ1) is 13.3. The van der Waals surface area contributed by atoms with Crippen LogP contribution < -0.4 is 4.74 Å². The normalized spacial score (nSPS) is 11.3. The van der Waals surface area contributed by atoms with Crippen molar-refractivity contribution >= 4 is 17.4 Å². The molecule has 0 saturated heterocycles. The number of ether oxygens (including phenoxy) is 1. The molecule has 0 amide bonds. The van der Waals surface area contributed by atoms with Gasteiger partial charge in [0.15, 0.2) is 5.75 Å². The third-order valence-electron chi connectivity index (χ3n) is 1.60. The summed E-state index contributed by atoms with van der Waals surface area (Å²) in [6.45, 7) is 0. The van der Waals surface area contributed by atoms with Gasteiger partial charge >= 0.3 is 12.2 Å².